The lowest BCUT2D eigenvalue weighted by atomic mass is 10.0. The largest absolute Gasteiger partial charge is 0.508 e. The minimum Gasteiger partial charge on any atom is -0.508 e. The van der Waals surface area contributed by atoms with Crippen LogP contribution in [0.4, 0.5) is 0 Å². The number of carbonyl (C=O) groups is 5. The fourth-order valence-electron chi connectivity index (χ4n) is 6.15. The number of alkyl halides is 1. The number of aliphatic hydroxyl groups excluding tert-OH is 2. The van der Waals surface area contributed by atoms with Gasteiger partial charge < -0.3 is 52.1 Å². The molecule has 16 heteroatoms. The number of nitrogens with zero attached hydrogens (tertiary/aromatic N) is 1. The fourth-order valence-corrected chi connectivity index (χ4v) is 6.34. The van der Waals surface area contributed by atoms with Crippen LogP contribution in [0, 0.1) is 0 Å². The Morgan fingerprint density at radius 3 is 1.91 bits per heavy atom. The van der Waals surface area contributed by atoms with Crippen molar-refractivity contribution in [3.05, 3.63) is 59.7 Å². The average molecular weight is 762 g/mol. The lowest BCUT2D eigenvalue weighted by Gasteiger charge is -2.31. The van der Waals surface area contributed by atoms with Crippen LogP contribution in [0.25, 0.3) is 0 Å². The molecular weight excluding hydrogens is 710 g/mol. The predicted octanol–water partition coefficient (Wildman–Crippen LogP) is 1.06. The van der Waals surface area contributed by atoms with E-state index in [9.17, 15) is 49.5 Å². The number of carbonyl (C=O) groups excluding carboxylic acids is 4. The number of nitrogens with two attached hydrogens (primary N) is 1. The summed E-state index contributed by atoms with van der Waals surface area (Å²) in [5, 5.41) is 57.8. The van der Waals surface area contributed by atoms with E-state index in [0.717, 1.165) is 25.7 Å². The number of rotatable bonds is 21. The van der Waals surface area contributed by atoms with Crippen molar-refractivity contribution in [1.29, 1.82) is 0 Å². The highest BCUT2D eigenvalue weighted by atomic mass is 35.5. The van der Waals surface area contributed by atoms with E-state index < -0.39 is 72.0 Å². The van der Waals surface area contributed by atoms with Gasteiger partial charge in [0.2, 0.25) is 17.7 Å². The Hall–Kier alpha value is -4.44. The Morgan fingerprint density at radius 2 is 1.36 bits per heavy atom. The third kappa shape index (κ3) is 13.5. The van der Waals surface area contributed by atoms with Crippen LogP contribution in [-0.4, -0.2) is 115 Å². The minimum absolute atomic E-state index is 0.0135. The number of carboxylic acids is 1. The number of aliphatic hydroxyl groups is 2. The van der Waals surface area contributed by atoms with Crippen molar-refractivity contribution in [3.63, 3.8) is 0 Å². The number of amides is 4. The number of likely N-dealkylation sites (tertiary alicyclic amines) is 1. The van der Waals surface area contributed by atoms with Gasteiger partial charge in [-0.2, -0.15) is 0 Å². The van der Waals surface area contributed by atoms with E-state index in [1.54, 1.807) is 0 Å². The summed E-state index contributed by atoms with van der Waals surface area (Å²) in [7, 11) is 0. The van der Waals surface area contributed by atoms with E-state index in [4.69, 9.17) is 17.3 Å². The van der Waals surface area contributed by atoms with Crippen molar-refractivity contribution in [2.75, 3.05) is 12.4 Å². The summed E-state index contributed by atoms with van der Waals surface area (Å²) in [6, 6.07) is 5.45. The second-order valence-corrected chi connectivity index (χ2v) is 13.9. The highest BCUT2D eigenvalue weighted by Gasteiger charge is 2.41. The maximum atomic E-state index is 13.8. The molecule has 4 amide bonds. The second kappa shape index (κ2) is 21.3. The van der Waals surface area contributed by atoms with Crippen LogP contribution in [0.2, 0.25) is 0 Å². The van der Waals surface area contributed by atoms with Gasteiger partial charge in [0, 0.05) is 31.3 Å². The molecule has 0 aromatic heterocycles. The minimum atomic E-state index is -1.65. The number of carboxylic acid groups (broad SMARTS) is 1. The van der Waals surface area contributed by atoms with E-state index in [1.807, 2.05) is 0 Å². The lowest BCUT2D eigenvalue weighted by molar-refractivity contribution is -0.146. The van der Waals surface area contributed by atoms with Crippen LogP contribution in [-0.2, 0) is 36.8 Å². The van der Waals surface area contributed by atoms with Crippen molar-refractivity contribution in [1.82, 2.24) is 20.9 Å². The van der Waals surface area contributed by atoms with Gasteiger partial charge in [0.15, 0.2) is 0 Å². The third-order valence-electron chi connectivity index (χ3n) is 9.23. The summed E-state index contributed by atoms with van der Waals surface area (Å²) in [4.78, 5) is 67.4. The zero-order chi connectivity index (χ0) is 39.1. The molecule has 3 rings (SSSR count). The van der Waals surface area contributed by atoms with Crippen molar-refractivity contribution >= 4 is 41.2 Å². The molecule has 7 atom stereocenters. The highest BCUT2D eigenvalue weighted by Crippen LogP contribution is 2.21. The Bertz CT molecular complexity index is 1510. The number of hydrogen-bond donors (Lipinski definition) is 9. The number of hydrogen-bond acceptors (Lipinski definition) is 10. The van der Waals surface area contributed by atoms with E-state index in [-0.39, 0.29) is 37.3 Å². The van der Waals surface area contributed by atoms with E-state index in [0.29, 0.717) is 36.3 Å². The third-order valence-corrected chi connectivity index (χ3v) is 9.50. The van der Waals surface area contributed by atoms with E-state index in [1.165, 1.54) is 60.4 Å². The number of nitrogens with one attached hydrogen (secondary N) is 3. The first kappa shape index (κ1) is 43.0. The Kier molecular flexibility index (Phi) is 17.3. The molecule has 0 spiro atoms. The van der Waals surface area contributed by atoms with Gasteiger partial charge in [0.05, 0.1) is 6.10 Å². The predicted molar refractivity (Wildman–Crippen MR) is 196 cm³/mol. The summed E-state index contributed by atoms with van der Waals surface area (Å²) < 4.78 is 0. The van der Waals surface area contributed by atoms with Crippen LogP contribution in [0.15, 0.2) is 48.5 Å². The standard InChI is InChI=1S/C37H52ClN5O10/c1-22(44)31(42-35(50)32(47)27(39)8-5-3-2-4-6-18-38)36(51)43-19-7-9-30(43)34(49)40-28(20-23-10-14-25(45)15-11-23)33(48)41-29(37(52)53)21-24-12-16-26(46)17-13-24/h10-17,22,27-32,44-47H,2-9,18-21,39H2,1H3,(H,40,49)(H,41,48)(H,42,50)(H,52,53). The molecule has 292 valence electrons. The summed E-state index contributed by atoms with van der Waals surface area (Å²) >= 11 is 5.70. The Morgan fingerprint density at radius 1 is 0.811 bits per heavy atom. The molecule has 1 aliphatic heterocycles. The smallest absolute Gasteiger partial charge is 0.326 e. The second-order valence-electron chi connectivity index (χ2n) is 13.5. The number of halogens is 1. The molecule has 0 saturated carbocycles. The monoisotopic (exact) mass is 761 g/mol. The zero-order valence-electron chi connectivity index (χ0n) is 29.8. The van der Waals surface area contributed by atoms with Gasteiger partial charge in [-0.15, -0.1) is 11.6 Å². The molecular formula is C37H52ClN5O10. The topological polar surface area (TPSA) is 252 Å². The van der Waals surface area contributed by atoms with Gasteiger partial charge in [0.25, 0.3) is 5.91 Å². The van der Waals surface area contributed by atoms with Crippen LogP contribution >= 0.6 is 11.6 Å². The Labute approximate surface area is 313 Å². The van der Waals surface area contributed by atoms with Crippen LogP contribution < -0.4 is 21.7 Å². The zero-order valence-corrected chi connectivity index (χ0v) is 30.6. The maximum Gasteiger partial charge on any atom is 0.326 e. The highest BCUT2D eigenvalue weighted by molar-refractivity contribution is 6.17. The fraction of sp³-hybridized carbons (Fsp3) is 0.541. The summed E-state index contributed by atoms with van der Waals surface area (Å²) in [5.74, 6) is -4.03. The van der Waals surface area contributed by atoms with Gasteiger partial charge in [-0.25, -0.2) is 4.79 Å². The molecule has 2 aromatic rings. The number of aromatic hydroxyl groups is 2. The number of phenols is 2. The van der Waals surface area contributed by atoms with E-state index in [2.05, 4.69) is 16.0 Å². The summed E-state index contributed by atoms with van der Waals surface area (Å²) in [5.41, 5.74) is 7.13. The van der Waals surface area contributed by atoms with Crippen LogP contribution in [0.5, 0.6) is 11.5 Å². The lowest BCUT2D eigenvalue weighted by Crippen LogP contribution is -2.60. The van der Waals surface area contributed by atoms with E-state index >= 15 is 0 Å². The summed E-state index contributed by atoms with van der Waals surface area (Å²) in [6.45, 7) is 1.39. The van der Waals surface area contributed by atoms with Gasteiger partial charge in [-0.3, -0.25) is 19.2 Å². The summed E-state index contributed by atoms with van der Waals surface area (Å²) in [6.07, 6.45) is 2.03. The molecule has 0 aliphatic carbocycles. The van der Waals surface area contributed by atoms with Crippen molar-refractivity contribution in [2.45, 2.75) is 114 Å². The van der Waals surface area contributed by atoms with Gasteiger partial charge >= 0.3 is 5.97 Å². The molecule has 15 nitrogen and oxygen atoms in total. The van der Waals surface area contributed by atoms with Crippen molar-refractivity contribution in [2.24, 2.45) is 5.73 Å². The van der Waals surface area contributed by atoms with Crippen molar-refractivity contribution < 1.29 is 49.5 Å². The average Bonchev–Trinajstić information content (AvgIpc) is 3.62. The van der Waals surface area contributed by atoms with Crippen LogP contribution in [0.1, 0.15) is 69.4 Å². The Balaban J connectivity index is 1.72. The van der Waals surface area contributed by atoms with Gasteiger partial charge in [-0.05, 0) is 68.0 Å². The molecule has 1 fully saturated rings. The molecule has 2 aromatic carbocycles. The van der Waals surface area contributed by atoms with Crippen LogP contribution in [0.3, 0.4) is 0 Å². The number of phenolic OH excluding ortho intramolecular Hbond substituents is 2. The van der Waals surface area contributed by atoms with Gasteiger partial charge in [-0.1, -0.05) is 49.9 Å². The molecule has 53 heavy (non-hydrogen) atoms. The first-order chi connectivity index (χ1) is 25.2. The first-order valence-electron chi connectivity index (χ1n) is 17.9. The molecule has 1 aliphatic rings. The molecule has 1 saturated heterocycles. The first-order valence-corrected chi connectivity index (χ1v) is 18.4. The normalized spacial score (nSPS) is 17.5. The number of aliphatic carboxylic acids is 1. The molecule has 10 N–H and O–H groups in total. The molecule has 0 radical (unpaired) electrons. The SMILES string of the molecule is CC(O)C(NC(=O)C(O)C(N)CCCCCCCCl)C(=O)N1CCCC1C(=O)NC(Cc1ccc(O)cc1)C(=O)NC(Cc1ccc(O)cc1)C(=O)O. The maximum absolute atomic E-state index is 13.8. The van der Waals surface area contributed by atoms with Gasteiger partial charge in [0.1, 0.15) is 41.8 Å². The quantitative estimate of drug-likeness (QED) is 0.0643. The number of benzene rings is 2. The van der Waals surface area contributed by atoms with Crippen molar-refractivity contribution in [3.8, 4) is 11.5 Å². The molecule has 1 heterocycles. The molecule has 7 unspecified atom stereocenters. The number of unbranched alkanes of at least 4 members (excludes halogenated alkanes) is 4. The molecule has 0 bridgehead atoms.